The molecular weight excluding hydrogens is 392 g/mol. The van der Waals surface area contributed by atoms with Gasteiger partial charge in [0.2, 0.25) is 0 Å². The number of oxime groups is 1. The highest BCUT2D eigenvalue weighted by Crippen LogP contribution is 2.45. The molecule has 1 heterocycles. The van der Waals surface area contributed by atoms with E-state index in [2.05, 4.69) is 21.2 Å². The molecule has 0 bridgehead atoms. The first-order valence-electron chi connectivity index (χ1n) is 10.7. The highest BCUT2D eigenvalue weighted by molar-refractivity contribution is 6.15. The highest BCUT2D eigenvalue weighted by Gasteiger charge is 2.41. The lowest BCUT2D eigenvalue weighted by atomic mass is 9.70. The van der Waals surface area contributed by atoms with E-state index in [0.29, 0.717) is 11.5 Å². The maximum Gasteiger partial charge on any atom is 0.131 e. The Bertz CT molecular complexity index is 1030. The number of benzene rings is 1. The molecule has 0 radical (unpaired) electrons. The average molecular weight is 421 g/mol. The van der Waals surface area contributed by atoms with Crippen molar-refractivity contribution in [2.45, 2.75) is 63.5 Å². The number of nitrogens with two attached hydrogens (primary N) is 2. The van der Waals surface area contributed by atoms with E-state index in [0.717, 1.165) is 53.8 Å². The zero-order chi connectivity index (χ0) is 22.0. The van der Waals surface area contributed by atoms with Crippen molar-refractivity contribution in [2.24, 2.45) is 10.9 Å². The number of nitrogens with zero attached hydrogens (tertiary/aromatic N) is 4. The Kier molecular flexibility index (Phi) is 5.79. The molecule has 4 rings (SSSR count). The number of fused-ring (bicyclic) bond motifs is 3. The van der Waals surface area contributed by atoms with Gasteiger partial charge < -0.3 is 21.0 Å². The summed E-state index contributed by atoms with van der Waals surface area (Å²) in [6, 6.07) is 8.29. The normalized spacial score (nSPS) is 22.8. The number of hydrogen-bond acceptors (Lipinski definition) is 8. The van der Waals surface area contributed by atoms with Gasteiger partial charge in [-0.3, -0.25) is 0 Å². The molecule has 162 valence electrons. The molecule has 1 aromatic carbocycles. The van der Waals surface area contributed by atoms with E-state index in [-0.39, 0.29) is 25.2 Å². The van der Waals surface area contributed by atoms with Crippen LogP contribution in [-0.4, -0.2) is 34.4 Å². The third-order valence-corrected chi connectivity index (χ3v) is 6.08. The van der Waals surface area contributed by atoms with Gasteiger partial charge in [0.1, 0.15) is 24.5 Å². The van der Waals surface area contributed by atoms with Crippen molar-refractivity contribution in [3.05, 3.63) is 35.7 Å². The molecule has 0 aliphatic heterocycles. The lowest BCUT2D eigenvalue weighted by molar-refractivity contribution is 0.146. The Balaban J connectivity index is 1.75. The van der Waals surface area contributed by atoms with Gasteiger partial charge in [-0.15, -0.1) is 0 Å². The van der Waals surface area contributed by atoms with Gasteiger partial charge >= 0.3 is 0 Å². The molecule has 1 fully saturated rings. The van der Waals surface area contributed by atoms with Gasteiger partial charge in [0.15, 0.2) is 0 Å². The van der Waals surface area contributed by atoms with Crippen molar-refractivity contribution in [3.63, 3.8) is 0 Å². The second-order valence-electron chi connectivity index (χ2n) is 8.65. The molecule has 1 aromatic heterocycles. The van der Waals surface area contributed by atoms with Crippen LogP contribution < -0.4 is 16.2 Å². The van der Waals surface area contributed by atoms with Crippen LogP contribution in [0.1, 0.15) is 57.1 Å². The van der Waals surface area contributed by atoms with Crippen molar-refractivity contribution in [1.82, 2.24) is 9.97 Å². The minimum Gasteiger partial charge on any atom is -0.490 e. The summed E-state index contributed by atoms with van der Waals surface area (Å²) >= 11 is 0. The summed E-state index contributed by atoms with van der Waals surface area (Å²) in [4.78, 5) is 14.2. The van der Waals surface area contributed by atoms with E-state index in [9.17, 15) is 0 Å². The van der Waals surface area contributed by atoms with Gasteiger partial charge in [0.25, 0.3) is 0 Å². The molecule has 2 aliphatic carbocycles. The molecule has 1 saturated carbocycles. The molecule has 0 saturated heterocycles. The van der Waals surface area contributed by atoms with E-state index in [1.165, 1.54) is 6.33 Å². The van der Waals surface area contributed by atoms with Crippen molar-refractivity contribution in [3.8, 4) is 23.1 Å². The Morgan fingerprint density at radius 2 is 1.97 bits per heavy atom. The van der Waals surface area contributed by atoms with Crippen molar-refractivity contribution in [2.75, 3.05) is 12.3 Å². The minimum atomic E-state index is -0.587. The number of anilines is 1. The SMILES string of the molecule is CC1(C)/C(=N/OCCC#N)c2cc(OC3CCC(N)CC3)ccc2-c2ncnc(N)c21. The molecule has 0 atom stereocenters. The van der Waals surface area contributed by atoms with Crippen molar-refractivity contribution < 1.29 is 9.57 Å². The van der Waals surface area contributed by atoms with E-state index in [1.54, 1.807) is 0 Å². The second-order valence-corrected chi connectivity index (χ2v) is 8.65. The second kappa shape index (κ2) is 8.52. The van der Waals surface area contributed by atoms with Crippen LogP contribution in [0.3, 0.4) is 0 Å². The monoisotopic (exact) mass is 420 g/mol. The number of rotatable bonds is 5. The van der Waals surface area contributed by atoms with Crippen LogP contribution in [0.5, 0.6) is 5.75 Å². The first-order chi connectivity index (χ1) is 14.9. The van der Waals surface area contributed by atoms with Gasteiger partial charge in [0, 0.05) is 28.1 Å². The fourth-order valence-corrected chi connectivity index (χ4v) is 4.44. The van der Waals surface area contributed by atoms with Crippen LogP contribution in [0.25, 0.3) is 11.3 Å². The summed E-state index contributed by atoms with van der Waals surface area (Å²) in [5.41, 5.74) is 15.8. The number of ether oxygens (including phenoxy) is 1. The molecule has 0 amide bonds. The fraction of sp³-hybridized carbons (Fsp3) is 0.478. The maximum atomic E-state index is 8.80. The first kappa shape index (κ1) is 21.1. The van der Waals surface area contributed by atoms with E-state index in [1.807, 2.05) is 32.0 Å². The maximum absolute atomic E-state index is 8.80. The quantitative estimate of drug-likeness (QED) is 0.560. The van der Waals surface area contributed by atoms with Gasteiger partial charge in [-0.25, -0.2) is 9.97 Å². The summed E-state index contributed by atoms with van der Waals surface area (Å²) < 4.78 is 6.29. The summed E-state index contributed by atoms with van der Waals surface area (Å²) in [5.74, 6) is 1.20. The van der Waals surface area contributed by atoms with Crippen molar-refractivity contribution >= 4 is 11.5 Å². The number of aromatic nitrogens is 2. The van der Waals surface area contributed by atoms with Crippen LogP contribution in [0.15, 0.2) is 29.7 Å². The first-order valence-corrected chi connectivity index (χ1v) is 10.7. The smallest absolute Gasteiger partial charge is 0.131 e. The Hall–Kier alpha value is -3.18. The average Bonchev–Trinajstić information content (AvgIpc) is 2.74. The predicted octanol–water partition coefficient (Wildman–Crippen LogP) is 3.30. The summed E-state index contributed by atoms with van der Waals surface area (Å²) in [6.45, 7) is 4.27. The van der Waals surface area contributed by atoms with Crippen LogP contribution in [-0.2, 0) is 10.3 Å². The molecule has 8 nitrogen and oxygen atoms in total. The zero-order valence-corrected chi connectivity index (χ0v) is 18.0. The molecule has 31 heavy (non-hydrogen) atoms. The Labute approximate surface area is 182 Å². The van der Waals surface area contributed by atoms with Gasteiger partial charge in [-0.05, 0) is 57.7 Å². The Morgan fingerprint density at radius 1 is 1.19 bits per heavy atom. The van der Waals surface area contributed by atoms with Gasteiger partial charge in [-0.1, -0.05) is 5.16 Å². The molecule has 0 unspecified atom stereocenters. The number of hydrogen-bond donors (Lipinski definition) is 2. The topological polar surface area (TPSA) is 132 Å². The molecule has 2 aliphatic rings. The predicted molar refractivity (Wildman–Crippen MR) is 118 cm³/mol. The van der Waals surface area contributed by atoms with Crippen molar-refractivity contribution in [1.29, 1.82) is 5.26 Å². The molecular formula is C23H28N6O2. The summed E-state index contributed by atoms with van der Waals surface area (Å²) in [5, 5.41) is 13.2. The molecule has 8 heteroatoms. The third kappa shape index (κ3) is 4.06. The minimum absolute atomic E-state index is 0.159. The standard InChI is InChI=1S/C23H28N6O2/c1-23(2)19-20(27-13-28-22(19)26)17-9-8-16(31-15-6-4-14(25)5-7-15)12-18(17)21(23)29-30-11-3-10-24/h8-9,12-15H,3-7,11,25H2,1-2H3,(H2,26,27,28)/b29-21+. The molecule has 0 spiro atoms. The lowest BCUT2D eigenvalue weighted by Crippen LogP contribution is -2.36. The summed E-state index contributed by atoms with van der Waals surface area (Å²) in [7, 11) is 0. The number of nitrogen functional groups attached to an aromatic ring is 1. The third-order valence-electron chi connectivity index (χ3n) is 6.08. The van der Waals surface area contributed by atoms with Crippen LogP contribution in [0, 0.1) is 11.3 Å². The van der Waals surface area contributed by atoms with Gasteiger partial charge in [-0.2, -0.15) is 5.26 Å². The fourth-order valence-electron chi connectivity index (χ4n) is 4.44. The lowest BCUT2D eigenvalue weighted by Gasteiger charge is -2.35. The van der Waals surface area contributed by atoms with Crippen LogP contribution >= 0.6 is 0 Å². The Morgan fingerprint density at radius 3 is 2.71 bits per heavy atom. The van der Waals surface area contributed by atoms with E-state index < -0.39 is 5.41 Å². The van der Waals surface area contributed by atoms with Gasteiger partial charge in [0.05, 0.1) is 30.0 Å². The highest BCUT2D eigenvalue weighted by atomic mass is 16.6. The number of nitriles is 1. The van der Waals surface area contributed by atoms with Crippen LogP contribution in [0.2, 0.25) is 0 Å². The van der Waals surface area contributed by atoms with E-state index in [4.69, 9.17) is 26.3 Å². The van der Waals surface area contributed by atoms with E-state index >= 15 is 0 Å². The largest absolute Gasteiger partial charge is 0.490 e. The zero-order valence-electron chi connectivity index (χ0n) is 18.0. The molecule has 2 aromatic rings. The van der Waals surface area contributed by atoms with Crippen LogP contribution in [0.4, 0.5) is 5.82 Å². The molecule has 4 N–H and O–H groups in total. The summed E-state index contributed by atoms with van der Waals surface area (Å²) in [6.07, 6.45) is 5.76.